The van der Waals surface area contributed by atoms with E-state index in [0.717, 1.165) is 15.6 Å². The standard InChI is InChI=1S/C21H23N7O4/c1-24-12-22-18-17(24)19(30)27(21(32)25(18)2)11-16(29)26-9-7-13(8-10-26)28-15-6-4-3-5-14(15)23-20(28)31/h3-6,12-13H,7-11H2,1-2H3,(H,23,31). The molecule has 11 nitrogen and oxygen atoms in total. The number of piperidine rings is 1. The summed E-state index contributed by atoms with van der Waals surface area (Å²) in [6, 6.07) is 7.51. The number of aryl methyl sites for hydroxylation is 2. The highest BCUT2D eigenvalue weighted by molar-refractivity contribution is 5.77. The molecule has 1 fully saturated rings. The summed E-state index contributed by atoms with van der Waals surface area (Å²) in [5.41, 5.74) is 0.939. The Labute approximate surface area is 181 Å². The first kappa shape index (κ1) is 20.0. The van der Waals surface area contributed by atoms with Gasteiger partial charge >= 0.3 is 11.4 Å². The van der Waals surface area contributed by atoms with Crippen LogP contribution in [-0.4, -0.2) is 52.1 Å². The van der Waals surface area contributed by atoms with E-state index < -0.39 is 11.2 Å². The van der Waals surface area contributed by atoms with Crippen LogP contribution in [0.3, 0.4) is 0 Å². The molecule has 0 bridgehead atoms. The summed E-state index contributed by atoms with van der Waals surface area (Å²) >= 11 is 0. The predicted octanol–water partition coefficient (Wildman–Crippen LogP) is -0.0596. The summed E-state index contributed by atoms with van der Waals surface area (Å²) in [7, 11) is 3.20. The van der Waals surface area contributed by atoms with E-state index in [9.17, 15) is 19.2 Å². The molecule has 0 atom stereocenters. The molecule has 1 aromatic carbocycles. The number of likely N-dealkylation sites (tertiary alicyclic amines) is 1. The molecule has 0 unspecified atom stereocenters. The Morgan fingerprint density at radius 2 is 1.84 bits per heavy atom. The van der Waals surface area contributed by atoms with Crippen molar-refractivity contribution in [1.82, 2.24) is 33.1 Å². The number of benzene rings is 1. The van der Waals surface area contributed by atoms with Gasteiger partial charge in [-0.3, -0.25) is 18.7 Å². The molecule has 0 saturated carbocycles. The normalized spacial score (nSPS) is 15.1. The van der Waals surface area contributed by atoms with Crippen molar-refractivity contribution in [2.45, 2.75) is 25.4 Å². The first-order chi connectivity index (χ1) is 15.4. The average molecular weight is 437 g/mol. The van der Waals surface area contributed by atoms with Crippen molar-refractivity contribution in [3.63, 3.8) is 0 Å². The molecule has 1 aliphatic rings. The summed E-state index contributed by atoms with van der Waals surface area (Å²) in [4.78, 5) is 59.5. The first-order valence-corrected chi connectivity index (χ1v) is 10.4. The fourth-order valence-electron chi connectivity index (χ4n) is 4.58. The number of nitrogens with zero attached hydrogens (tertiary/aromatic N) is 6. The fraction of sp³-hybridized carbons (Fsp3) is 0.381. The number of aromatic nitrogens is 6. The minimum absolute atomic E-state index is 0.0240. The van der Waals surface area contributed by atoms with E-state index in [1.54, 1.807) is 21.1 Å². The van der Waals surface area contributed by atoms with E-state index in [1.165, 1.54) is 17.9 Å². The van der Waals surface area contributed by atoms with Gasteiger partial charge in [0, 0.05) is 33.2 Å². The lowest BCUT2D eigenvalue weighted by molar-refractivity contribution is -0.133. The molecule has 1 aliphatic heterocycles. The minimum Gasteiger partial charge on any atom is -0.341 e. The lowest BCUT2D eigenvalue weighted by Gasteiger charge is -2.32. The van der Waals surface area contributed by atoms with Crippen molar-refractivity contribution in [3.05, 3.63) is 61.9 Å². The lowest BCUT2D eigenvalue weighted by Crippen LogP contribution is -2.47. The molecule has 11 heteroatoms. The molecule has 0 spiro atoms. The maximum atomic E-state index is 12.9. The number of imidazole rings is 2. The molecule has 3 aromatic heterocycles. The summed E-state index contributed by atoms with van der Waals surface area (Å²) in [6.07, 6.45) is 2.69. The molecular formula is C21H23N7O4. The molecular weight excluding hydrogens is 414 g/mol. The molecule has 5 rings (SSSR count). The number of hydrogen-bond donors (Lipinski definition) is 1. The van der Waals surface area contributed by atoms with Crippen molar-refractivity contribution < 1.29 is 4.79 Å². The molecule has 0 radical (unpaired) electrons. The zero-order chi connectivity index (χ0) is 22.6. The molecule has 4 heterocycles. The van der Waals surface area contributed by atoms with Crippen LogP contribution >= 0.6 is 0 Å². The highest BCUT2D eigenvalue weighted by atomic mass is 16.2. The number of para-hydroxylation sites is 2. The largest absolute Gasteiger partial charge is 0.341 e. The van der Waals surface area contributed by atoms with Gasteiger partial charge in [0.1, 0.15) is 6.54 Å². The van der Waals surface area contributed by atoms with Crippen LogP contribution in [0.1, 0.15) is 18.9 Å². The average Bonchev–Trinajstić information content (AvgIpc) is 3.34. The van der Waals surface area contributed by atoms with Gasteiger partial charge in [-0.1, -0.05) is 12.1 Å². The zero-order valence-corrected chi connectivity index (χ0v) is 17.8. The van der Waals surface area contributed by atoms with Crippen LogP contribution in [0.5, 0.6) is 0 Å². The zero-order valence-electron chi connectivity index (χ0n) is 17.8. The van der Waals surface area contributed by atoms with Gasteiger partial charge in [0.05, 0.1) is 17.4 Å². The Balaban J connectivity index is 1.36. The van der Waals surface area contributed by atoms with Crippen LogP contribution < -0.4 is 16.9 Å². The number of rotatable bonds is 3. The van der Waals surface area contributed by atoms with Gasteiger partial charge in [0.2, 0.25) is 5.91 Å². The number of carbonyl (C=O) groups excluding carboxylic acids is 1. The molecule has 166 valence electrons. The van der Waals surface area contributed by atoms with Crippen molar-refractivity contribution >= 4 is 28.1 Å². The van der Waals surface area contributed by atoms with Crippen LogP contribution in [0.15, 0.2) is 45.0 Å². The summed E-state index contributed by atoms with van der Waals surface area (Å²) in [5, 5.41) is 0. The van der Waals surface area contributed by atoms with E-state index in [0.29, 0.717) is 25.9 Å². The SMILES string of the molecule is Cn1cnc2c1c(=O)n(CC(=O)N1CCC(n3c(=O)[nH]c4ccccc43)CC1)c(=O)n2C. The van der Waals surface area contributed by atoms with Crippen LogP contribution in [-0.2, 0) is 25.4 Å². The predicted molar refractivity (Wildman–Crippen MR) is 118 cm³/mol. The number of fused-ring (bicyclic) bond motifs is 2. The third-order valence-electron chi connectivity index (χ3n) is 6.30. The third-order valence-corrected chi connectivity index (χ3v) is 6.30. The Hall–Kier alpha value is -3.89. The van der Waals surface area contributed by atoms with Crippen molar-refractivity contribution in [1.29, 1.82) is 0 Å². The van der Waals surface area contributed by atoms with E-state index in [1.807, 2.05) is 24.3 Å². The Morgan fingerprint density at radius 1 is 1.12 bits per heavy atom. The van der Waals surface area contributed by atoms with Crippen molar-refractivity contribution in [2.24, 2.45) is 14.1 Å². The Kier molecular flexibility index (Phi) is 4.61. The van der Waals surface area contributed by atoms with Crippen molar-refractivity contribution in [3.8, 4) is 0 Å². The van der Waals surface area contributed by atoms with Gasteiger partial charge in [-0.2, -0.15) is 0 Å². The molecule has 0 aliphatic carbocycles. The number of H-pyrrole nitrogens is 1. The lowest BCUT2D eigenvalue weighted by atomic mass is 10.0. The van der Waals surface area contributed by atoms with Crippen LogP contribution in [0.25, 0.3) is 22.2 Å². The maximum absolute atomic E-state index is 12.9. The summed E-state index contributed by atoms with van der Waals surface area (Å²) in [5.74, 6) is -0.296. The van der Waals surface area contributed by atoms with Gasteiger partial charge in [-0.15, -0.1) is 0 Å². The molecule has 1 N–H and O–H groups in total. The second kappa shape index (κ2) is 7.36. The second-order valence-corrected chi connectivity index (χ2v) is 8.19. The number of aromatic amines is 1. The Morgan fingerprint density at radius 3 is 2.59 bits per heavy atom. The third kappa shape index (κ3) is 3.00. The quantitative estimate of drug-likeness (QED) is 0.482. The smallest absolute Gasteiger partial charge is 0.332 e. The molecule has 4 aromatic rings. The number of hydrogen-bond acceptors (Lipinski definition) is 5. The monoisotopic (exact) mass is 437 g/mol. The molecule has 32 heavy (non-hydrogen) atoms. The van der Waals surface area contributed by atoms with Crippen LogP contribution in [0.2, 0.25) is 0 Å². The highest BCUT2D eigenvalue weighted by Crippen LogP contribution is 2.24. The van der Waals surface area contributed by atoms with Gasteiger partial charge in [-0.05, 0) is 25.0 Å². The van der Waals surface area contributed by atoms with E-state index in [-0.39, 0.29) is 35.3 Å². The van der Waals surface area contributed by atoms with E-state index in [2.05, 4.69) is 9.97 Å². The van der Waals surface area contributed by atoms with Crippen LogP contribution in [0.4, 0.5) is 0 Å². The first-order valence-electron chi connectivity index (χ1n) is 10.4. The topological polar surface area (TPSA) is 120 Å². The second-order valence-electron chi connectivity index (χ2n) is 8.19. The van der Waals surface area contributed by atoms with Gasteiger partial charge in [0.25, 0.3) is 5.56 Å². The van der Waals surface area contributed by atoms with Crippen molar-refractivity contribution in [2.75, 3.05) is 13.1 Å². The maximum Gasteiger partial charge on any atom is 0.332 e. The highest BCUT2D eigenvalue weighted by Gasteiger charge is 2.27. The van der Waals surface area contributed by atoms with Gasteiger partial charge in [0.15, 0.2) is 11.2 Å². The number of amides is 1. The summed E-state index contributed by atoms with van der Waals surface area (Å²) < 4.78 is 5.54. The number of nitrogens with one attached hydrogen (secondary N) is 1. The van der Waals surface area contributed by atoms with E-state index >= 15 is 0 Å². The summed E-state index contributed by atoms with van der Waals surface area (Å²) in [6.45, 7) is 0.557. The Bertz CT molecular complexity index is 1530. The minimum atomic E-state index is -0.574. The number of carbonyl (C=O) groups is 1. The van der Waals surface area contributed by atoms with Crippen LogP contribution in [0, 0.1) is 0 Å². The fourth-order valence-corrected chi connectivity index (χ4v) is 4.58. The molecule has 1 amide bonds. The van der Waals surface area contributed by atoms with Gasteiger partial charge < -0.3 is 14.5 Å². The molecule has 1 saturated heterocycles. The van der Waals surface area contributed by atoms with E-state index in [4.69, 9.17) is 0 Å². The van der Waals surface area contributed by atoms with Gasteiger partial charge in [-0.25, -0.2) is 19.1 Å².